The summed E-state index contributed by atoms with van der Waals surface area (Å²) in [5.74, 6) is -4.60. The molecule has 6 rings (SSSR count). The number of aliphatic hydroxyl groups is 4. The zero-order valence-corrected chi connectivity index (χ0v) is 33.0. The number of aliphatic hydroxyl groups excluding tert-OH is 4. The Labute approximate surface area is 314 Å². The number of nitrogens with one attached hydrogen (secondary N) is 1. The third-order valence-electron chi connectivity index (χ3n) is 16.5. The van der Waals surface area contributed by atoms with Crippen molar-refractivity contribution < 1.29 is 54.5 Å². The molecule has 1 aliphatic heterocycles. The van der Waals surface area contributed by atoms with Gasteiger partial charge in [-0.05, 0) is 109 Å². The lowest BCUT2D eigenvalue weighted by Gasteiger charge is -2.71. The number of carboxylic acids is 2. The molecule has 1 amide bonds. The molecule has 0 aromatic carbocycles. The SMILES string of the molecule is CC(=O)N[C@H]1[C@H]([C@H](O)[C@H](O)CO)O[C@](O[C@H]2CC[C@]3(C)[C@H]4CC=C5[C@@H]6CC(C)(C)CC[C@]6(C(=O)O)CC[C@@]5(C)[C@]4(C)CC[C@H]3C2(C)C)(C(=O)O)C[C@@H]1O. The lowest BCUT2D eigenvalue weighted by atomic mass is 9.33. The Balaban J connectivity index is 1.30. The summed E-state index contributed by atoms with van der Waals surface area (Å²) >= 11 is 0. The molecule has 1 heterocycles. The second kappa shape index (κ2) is 13.3. The summed E-state index contributed by atoms with van der Waals surface area (Å²) in [5.41, 5.74) is -0.123. The monoisotopic (exact) mass is 747 g/mol. The summed E-state index contributed by atoms with van der Waals surface area (Å²) < 4.78 is 12.6. The molecule has 5 fully saturated rings. The van der Waals surface area contributed by atoms with E-state index in [1.165, 1.54) is 12.5 Å². The fourth-order valence-electron chi connectivity index (χ4n) is 13.3. The summed E-state index contributed by atoms with van der Waals surface area (Å²) in [6, 6.07) is -1.26. The van der Waals surface area contributed by atoms with E-state index >= 15 is 0 Å². The zero-order valence-electron chi connectivity index (χ0n) is 33.0. The fraction of sp³-hybridized carbons (Fsp3) is 0.878. The van der Waals surface area contributed by atoms with Crippen LogP contribution in [0.1, 0.15) is 126 Å². The standard InChI is InChI=1S/C41H65NO11/c1-22(44)42-30-25(45)20-41(34(50)51,53-32(30)31(47)26(46)21-43)52-29-12-13-37(6)27(36(29,4)5)11-14-39(8)28(37)10-9-23-24-19-35(2,3)15-17-40(24,33(48)49)18-16-38(23,39)7/h9,24-32,43,45-47H,10-21H2,1-8H3,(H,42,44)(H,48,49)(H,50,51)/t24-,25-,26+,27-,28+,29-,30+,31+,32+,37-,38+,39+,40-,41-/m0/s1. The van der Waals surface area contributed by atoms with E-state index < -0.39 is 84.1 Å². The number of carboxylic acid groups (broad SMARTS) is 2. The minimum Gasteiger partial charge on any atom is -0.481 e. The number of carbonyl (C=O) groups is 3. The number of allylic oxidation sites excluding steroid dienone is 2. The van der Waals surface area contributed by atoms with Gasteiger partial charge in [0.1, 0.15) is 18.3 Å². The van der Waals surface area contributed by atoms with Crippen molar-refractivity contribution in [1.29, 1.82) is 0 Å². The Morgan fingerprint density at radius 3 is 2.17 bits per heavy atom. The van der Waals surface area contributed by atoms with Crippen LogP contribution >= 0.6 is 0 Å². The highest BCUT2D eigenvalue weighted by Crippen LogP contribution is 2.76. The number of carbonyl (C=O) groups excluding carboxylic acids is 1. The molecule has 4 saturated carbocycles. The summed E-state index contributed by atoms with van der Waals surface area (Å²) in [7, 11) is 0. The molecule has 0 aromatic rings. The molecular weight excluding hydrogens is 682 g/mol. The maximum atomic E-state index is 13.1. The number of hydrogen-bond acceptors (Lipinski definition) is 9. The summed E-state index contributed by atoms with van der Waals surface area (Å²) in [5, 5.41) is 66.0. The number of rotatable bonds is 8. The molecule has 1 saturated heterocycles. The van der Waals surface area contributed by atoms with Crippen LogP contribution in [0.4, 0.5) is 0 Å². The normalized spacial score (nSPS) is 46.9. The first-order chi connectivity index (χ1) is 24.4. The van der Waals surface area contributed by atoms with Crippen LogP contribution in [0, 0.1) is 50.2 Å². The van der Waals surface area contributed by atoms with Gasteiger partial charge in [0.2, 0.25) is 5.91 Å². The van der Waals surface area contributed by atoms with Gasteiger partial charge in [-0.1, -0.05) is 60.1 Å². The molecular formula is C41H65NO11. The van der Waals surface area contributed by atoms with Gasteiger partial charge in [-0.2, -0.15) is 0 Å². The smallest absolute Gasteiger partial charge is 0.364 e. The average molecular weight is 748 g/mol. The Hall–Kier alpha value is -2.09. The molecule has 5 aliphatic carbocycles. The third kappa shape index (κ3) is 6.02. The van der Waals surface area contributed by atoms with Gasteiger partial charge in [0.05, 0.1) is 30.3 Å². The highest BCUT2D eigenvalue weighted by molar-refractivity contribution is 5.77. The van der Waals surface area contributed by atoms with Gasteiger partial charge in [0.25, 0.3) is 5.79 Å². The van der Waals surface area contributed by atoms with Crippen molar-refractivity contribution in [3.8, 4) is 0 Å². The van der Waals surface area contributed by atoms with Crippen LogP contribution in [0.5, 0.6) is 0 Å². The lowest BCUT2D eigenvalue weighted by molar-refractivity contribution is -0.342. The van der Waals surface area contributed by atoms with Crippen LogP contribution in [-0.2, 0) is 23.9 Å². The van der Waals surface area contributed by atoms with Crippen molar-refractivity contribution in [1.82, 2.24) is 5.32 Å². The van der Waals surface area contributed by atoms with E-state index in [4.69, 9.17) is 9.47 Å². The molecule has 0 aromatic heterocycles. The fourth-order valence-corrected chi connectivity index (χ4v) is 13.3. The van der Waals surface area contributed by atoms with Gasteiger partial charge < -0.3 is 45.4 Å². The van der Waals surface area contributed by atoms with Gasteiger partial charge >= 0.3 is 11.9 Å². The molecule has 0 unspecified atom stereocenters. The van der Waals surface area contributed by atoms with E-state index in [0.717, 1.165) is 51.4 Å². The molecule has 6 aliphatic rings. The number of fused-ring (bicyclic) bond motifs is 7. The number of amides is 1. The van der Waals surface area contributed by atoms with Crippen molar-refractivity contribution in [2.45, 2.75) is 168 Å². The van der Waals surface area contributed by atoms with Crippen LogP contribution < -0.4 is 5.32 Å². The quantitative estimate of drug-likeness (QED) is 0.137. The Morgan fingerprint density at radius 1 is 0.906 bits per heavy atom. The second-order valence-corrected chi connectivity index (χ2v) is 20.0. The van der Waals surface area contributed by atoms with Gasteiger partial charge in [-0.25, -0.2) is 4.79 Å². The maximum absolute atomic E-state index is 13.1. The topological polar surface area (TPSA) is 203 Å². The van der Waals surface area contributed by atoms with Crippen molar-refractivity contribution in [3.05, 3.63) is 11.6 Å². The molecule has 0 radical (unpaired) electrons. The van der Waals surface area contributed by atoms with E-state index in [2.05, 4.69) is 59.9 Å². The van der Waals surface area contributed by atoms with E-state index in [9.17, 15) is 45.0 Å². The molecule has 12 heteroatoms. The first kappa shape index (κ1) is 40.6. The van der Waals surface area contributed by atoms with Gasteiger partial charge in [0, 0.05) is 13.3 Å². The van der Waals surface area contributed by atoms with Crippen molar-refractivity contribution >= 4 is 17.8 Å². The van der Waals surface area contributed by atoms with Crippen molar-refractivity contribution in [3.63, 3.8) is 0 Å². The van der Waals surface area contributed by atoms with Gasteiger partial charge in [-0.15, -0.1) is 0 Å². The average Bonchev–Trinajstić information content (AvgIpc) is 3.06. The van der Waals surface area contributed by atoms with Gasteiger partial charge in [-0.3, -0.25) is 9.59 Å². The molecule has 0 spiro atoms. The van der Waals surface area contributed by atoms with E-state index in [-0.39, 0.29) is 33.5 Å². The molecule has 53 heavy (non-hydrogen) atoms. The predicted molar refractivity (Wildman–Crippen MR) is 194 cm³/mol. The molecule has 14 atom stereocenters. The maximum Gasteiger partial charge on any atom is 0.364 e. The van der Waals surface area contributed by atoms with Crippen LogP contribution in [0.25, 0.3) is 0 Å². The highest BCUT2D eigenvalue weighted by Gasteiger charge is 2.70. The summed E-state index contributed by atoms with van der Waals surface area (Å²) in [6.45, 7) is 16.4. The van der Waals surface area contributed by atoms with Gasteiger partial charge in [0.15, 0.2) is 0 Å². The molecule has 0 bridgehead atoms. The van der Waals surface area contributed by atoms with Crippen LogP contribution in [-0.4, -0.2) is 97.4 Å². The van der Waals surface area contributed by atoms with Crippen molar-refractivity contribution in [2.75, 3.05) is 6.61 Å². The minimum absolute atomic E-state index is 0.0236. The van der Waals surface area contributed by atoms with E-state index in [1.807, 2.05) is 0 Å². The Morgan fingerprint density at radius 2 is 1.57 bits per heavy atom. The largest absolute Gasteiger partial charge is 0.481 e. The Bertz CT molecular complexity index is 1510. The number of aliphatic carboxylic acids is 2. The van der Waals surface area contributed by atoms with E-state index in [0.29, 0.717) is 18.8 Å². The number of ether oxygens (including phenoxy) is 2. The Kier molecular flexibility index (Phi) is 10.1. The van der Waals surface area contributed by atoms with Crippen LogP contribution in [0.3, 0.4) is 0 Å². The zero-order chi connectivity index (χ0) is 39.3. The van der Waals surface area contributed by atoms with Crippen molar-refractivity contribution in [2.24, 2.45) is 50.2 Å². The summed E-state index contributed by atoms with van der Waals surface area (Å²) in [6.07, 6.45) is 2.71. The predicted octanol–water partition coefficient (Wildman–Crippen LogP) is 4.41. The number of hydrogen-bond donors (Lipinski definition) is 7. The molecule has 300 valence electrons. The van der Waals surface area contributed by atoms with Crippen LogP contribution in [0.15, 0.2) is 11.6 Å². The first-order valence-corrected chi connectivity index (χ1v) is 19.9. The minimum atomic E-state index is -2.39. The lowest BCUT2D eigenvalue weighted by Crippen LogP contribution is -2.69. The highest BCUT2D eigenvalue weighted by atomic mass is 16.7. The van der Waals surface area contributed by atoms with E-state index in [1.54, 1.807) is 0 Å². The molecule has 7 N–H and O–H groups in total. The van der Waals surface area contributed by atoms with Crippen LogP contribution in [0.2, 0.25) is 0 Å². The second-order valence-electron chi connectivity index (χ2n) is 20.0. The third-order valence-corrected chi connectivity index (χ3v) is 16.5. The summed E-state index contributed by atoms with van der Waals surface area (Å²) in [4.78, 5) is 38.2. The molecule has 12 nitrogen and oxygen atoms in total. The first-order valence-electron chi connectivity index (χ1n) is 19.9.